The van der Waals surface area contributed by atoms with Crippen LogP contribution < -0.4 is 0 Å². The van der Waals surface area contributed by atoms with Crippen molar-refractivity contribution in [2.45, 2.75) is 38.6 Å². The molecule has 34 heavy (non-hydrogen) atoms. The first kappa shape index (κ1) is 21.1. The Morgan fingerprint density at radius 1 is 0.706 bits per heavy atom. The quantitative estimate of drug-likeness (QED) is 0.205. The summed E-state index contributed by atoms with van der Waals surface area (Å²) in [4.78, 5) is 16.4. The van der Waals surface area contributed by atoms with Crippen molar-refractivity contribution in [2.75, 3.05) is 19.6 Å². The molecule has 0 unspecified atom stereocenters. The van der Waals surface area contributed by atoms with Crippen LogP contribution in [0.15, 0.2) is 78.9 Å². The van der Waals surface area contributed by atoms with Crippen molar-refractivity contribution in [3.63, 3.8) is 0 Å². The largest absolute Gasteiger partial charge is 0.289 e. The highest BCUT2D eigenvalue weighted by atomic mass is 16.1. The summed E-state index contributed by atoms with van der Waals surface area (Å²) >= 11 is 0. The predicted molar refractivity (Wildman–Crippen MR) is 140 cm³/mol. The first-order valence-corrected chi connectivity index (χ1v) is 12.7. The van der Waals surface area contributed by atoms with Gasteiger partial charge in [0, 0.05) is 29.5 Å². The molecular formula is C31H31N2O+. The standard InChI is InChI=1S/C31H31N2O/c34-31(23-12-3-1-4-13-23)30-26-16-8-6-14-24(26)28(25-15-7-9-17-27(25)30)22-33-21-11-20-32-19-10-2-5-18-29(32)33/h1,3-4,6-9,12-17H,2,5,10-11,18-22H2/q+1. The van der Waals surface area contributed by atoms with E-state index in [4.69, 9.17) is 0 Å². The zero-order chi connectivity index (χ0) is 22.9. The molecule has 0 radical (unpaired) electrons. The molecule has 0 atom stereocenters. The van der Waals surface area contributed by atoms with Crippen LogP contribution in [0.4, 0.5) is 0 Å². The molecule has 4 aromatic rings. The molecule has 0 N–H and O–H groups in total. The van der Waals surface area contributed by atoms with E-state index in [1.807, 2.05) is 30.3 Å². The maximum absolute atomic E-state index is 13.8. The molecule has 0 aliphatic carbocycles. The van der Waals surface area contributed by atoms with E-state index >= 15 is 0 Å². The van der Waals surface area contributed by atoms with Crippen LogP contribution in [0.1, 0.15) is 53.6 Å². The third-order valence-electron chi connectivity index (χ3n) is 7.57. The van der Waals surface area contributed by atoms with E-state index in [9.17, 15) is 4.79 Å². The molecule has 2 aliphatic rings. The van der Waals surface area contributed by atoms with Gasteiger partial charge in [-0.05, 0) is 40.8 Å². The van der Waals surface area contributed by atoms with Gasteiger partial charge in [0.05, 0.1) is 19.6 Å². The zero-order valence-electron chi connectivity index (χ0n) is 19.7. The molecule has 3 nitrogen and oxygen atoms in total. The molecule has 4 aromatic carbocycles. The Morgan fingerprint density at radius 2 is 1.32 bits per heavy atom. The summed E-state index contributed by atoms with van der Waals surface area (Å²) in [6.45, 7) is 4.39. The van der Waals surface area contributed by atoms with Crippen LogP contribution in [-0.4, -0.2) is 40.7 Å². The number of hydrogen-bond acceptors (Lipinski definition) is 2. The minimum absolute atomic E-state index is 0.0989. The van der Waals surface area contributed by atoms with Crippen LogP contribution in [0.2, 0.25) is 0 Å². The Labute approximate surface area is 201 Å². The second-order valence-corrected chi connectivity index (χ2v) is 9.63. The van der Waals surface area contributed by atoms with Gasteiger partial charge in [0.1, 0.15) is 6.54 Å². The number of ketones is 1. The molecule has 0 saturated carbocycles. The van der Waals surface area contributed by atoms with Crippen molar-refractivity contribution in [3.05, 3.63) is 95.6 Å². The fourth-order valence-electron chi connectivity index (χ4n) is 5.96. The number of carbonyl (C=O) groups excluding carboxylic acids is 1. The van der Waals surface area contributed by atoms with Crippen molar-refractivity contribution < 1.29 is 9.37 Å². The fraction of sp³-hybridized carbons (Fsp3) is 0.290. The monoisotopic (exact) mass is 447 g/mol. The normalized spacial score (nSPS) is 16.5. The van der Waals surface area contributed by atoms with E-state index in [1.165, 1.54) is 67.4 Å². The molecule has 0 spiro atoms. The minimum Gasteiger partial charge on any atom is -0.289 e. The third-order valence-corrected chi connectivity index (χ3v) is 7.57. The average molecular weight is 448 g/mol. The zero-order valence-corrected chi connectivity index (χ0v) is 19.7. The Bertz CT molecular complexity index is 1350. The fourth-order valence-corrected chi connectivity index (χ4v) is 5.96. The SMILES string of the molecule is O=C(c1ccccc1)c1c2ccccc2c(CN2CCC[N+]3=C2CCCCC3)c2ccccc12. The van der Waals surface area contributed by atoms with Gasteiger partial charge in [-0.3, -0.25) is 14.3 Å². The molecule has 0 fully saturated rings. The summed E-state index contributed by atoms with van der Waals surface area (Å²) in [7, 11) is 0. The Morgan fingerprint density at radius 3 is 2.03 bits per heavy atom. The van der Waals surface area contributed by atoms with Gasteiger partial charge in [0.2, 0.25) is 5.84 Å². The van der Waals surface area contributed by atoms with Gasteiger partial charge >= 0.3 is 0 Å². The van der Waals surface area contributed by atoms with Crippen molar-refractivity contribution in [3.8, 4) is 0 Å². The summed E-state index contributed by atoms with van der Waals surface area (Å²) in [5.74, 6) is 1.63. The van der Waals surface area contributed by atoms with Crippen LogP contribution in [0.3, 0.4) is 0 Å². The van der Waals surface area contributed by atoms with Gasteiger partial charge in [-0.15, -0.1) is 0 Å². The Kier molecular flexibility index (Phi) is 5.62. The van der Waals surface area contributed by atoms with Gasteiger partial charge in [0.15, 0.2) is 5.78 Å². The van der Waals surface area contributed by atoms with Crippen molar-refractivity contribution in [1.29, 1.82) is 0 Å². The molecule has 3 heteroatoms. The topological polar surface area (TPSA) is 23.3 Å². The van der Waals surface area contributed by atoms with Gasteiger partial charge in [0.25, 0.3) is 0 Å². The van der Waals surface area contributed by atoms with Gasteiger partial charge in [-0.25, -0.2) is 0 Å². The van der Waals surface area contributed by atoms with Crippen LogP contribution in [0.5, 0.6) is 0 Å². The van der Waals surface area contributed by atoms with Crippen LogP contribution in [-0.2, 0) is 6.54 Å². The number of benzene rings is 4. The molecule has 0 aromatic heterocycles. The van der Waals surface area contributed by atoms with E-state index in [-0.39, 0.29) is 5.78 Å². The number of fused-ring (bicyclic) bond motifs is 2. The Balaban J connectivity index is 1.54. The molecule has 0 amide bonds. The highest BCUT2D eigenvalue weighted by Gasteiger charge is 2.30. The molecule has 170 valence electrons. The summed E-state index contributed by atoms with van der Waals surface area (Å²) < 4.78 is 2.63. The van der Waals surface area contributed by atoms with Gasteiger partial charge in [-0.2, -0.15) is 0 Å². The number of carbonyl (C=O) groups is 1. The maximum atomic E-state index is 13.8. The second kappa shape index (κ2) is 9.06. The summed E-state index contributed by atoms with van der Waals surface area (Å²) in [5.41, 5.74) is 2.91. The van der Waals surface area contributed by atoms with Crippen molar-refractivity contribution >= 4 is 33.2 Å². The first-order chi connectivity index (χ1) is 16.8. The van der Waals surface area contributed by atoms with Crippen molar-refractivity contribution in [1.82, 2.24) is 4.90 Å². The lowest BCUT2D eigenvalue weighted by atomic mass is 9.88. The lowest BCUT2D eigenvalue weighted by Crippen LogP contribution is -2.43. The van der Waals surface area contributed by atoms with E-state index in [0.29, 0.717) is 0 Å². The highest BCUT2D eigenvalue weighted by molar-refractivity contribution is 6.25. The second-order valence-electron chi connectivity index (χ2n) is 9.63. The minimum atomic E-state index is 0.0989. The smallest absolute Gasteiger partial charge is 0.247 e. The third kappa shape index (κ3) is 3.69. The van der Waals surface area contributed by atoms with Crippen LogP contribution >= 0.6 is 0 Å². The number of hydrogen-bond donors (Lipinski definition) is 0. The molecule has 2 aliphatic heterocycles. The molecule has 2 heterocycles. The lowest BCUT2D eigenvalue weighted by Gasteiger charge is -2.27. The highest BCUT2D eigenvalue weighted by Crippen LogP contribution is 2.35. The van der Waals surface area contributed by atoms with Gasteiger partial charge < -0.3 is 0 Å². The summed E-state index contributed by atoms with van der Waals surface area (Å²) in [5, 5.41) is 4.52. The molecular weight excluding hydrogens is 416 g/mol. The average Bonchev–Trinajstić information content (AvgIpc) is 3.15. The van der Waals surface area contributed by atoms with E-state index in [0.717, 1.165) is 35.0 Å². The van der Waals surface area contributed by atoms with Crippen LogP contribution in [0, 0.1) is 0 Å². The van der Waals surface area contributed by atoms with E-state index in [2.05, 4.69) is 58.0 Å². The van der Waals surface area contributed by atoms with E-state index < -0.39 is 0 Å². The van der Waals surface area contributed by atoms with E-state index in [1.54, 1.807) is 0 Å². The maximum Gasteiger partial charge on any atom is 0.247 e. The first-order valence-electron chi connectivity index (χ1n) is 12.7. The number of rotatable bonds is 4. The molecule has 0 bridgehead atoms. The molecule has 0 saturated heterocycles. The van der Waals surface area contributed by atoms with Gasteiger partial charge in [-0.1, -0.05) is 78.9 Å². The number of nitrogens with zero attached hydrogens (tertiary/aromatic N) is 2. The summed E-state index contributed by atoms with van der Waals surface area (Å²) in [6.07, 6.45) is 6.31. The lowest BCUT2D eigenvalue weighted by molar-refractivity contribution is -0.539. The number of amidine groups is 1. The Hall–Kier alpha value is -3.46. The van der Waals surface area contributed by atoms with Crippen LogP contribution in [0.25, 0.3) is 21.5 Å². The van der Waals surface area contributed by atoms with Crippen molar-refractivity contribution in [2.24, 2.45) is 0 Å². The summed E-state index contributed by atoms with van der Waals surface area (Å²) in [6, 6.07) is 26.7. The predicted octanol–water partition coefficient (Wildman–Crippen LogP) is 6.41. The molecule has 6 rings (SSSR count).